The van der Waals surface area contributed by atoms with Crippen LogP contribution in [0.4, 0.5) is 19.0 Å². The van der Waals surface area contributed by atoms with Gasteiger partial charge in [-0.2, -0.15) is 13.2 Å². The van der Waals surface area contributed by atoms with E-state index in [1.54, 1.807) is 11.9 Å². The van der Waals surface area contributed by atoms with Gasteiger partial charge in [0.2, 0.25) is 5.91 Å². The minimum atomic E-state index is -4.42. The Morgan fingerprint density at radius 1 is 1.40 bits per heavy atom. The summed E-state index contributed by atoms with van der Waals surface area (Å²) in [6.07, 6.45) is -1.99. The molecule has 0 aromatic carbocycles. The van der Waals surface area contributed by atoms with Gasteiger partial charge in [-0.1, -0.05) is 0 Å². The Labute approximate surface area is 115 Å². The van der Waals surface area contributed by atoms with Gasteiger partial charge < -0.3 is 10.2 Å². The lowest BCUT2D eigenvalue weighted by molar-refractivity contribution is -0.137. The molecule has 1 aromatic rings. The van der Waals surface area contributed by atoms with Gasteiger partial charge in [-0.25, -0.2) is 4.98 Å². The van der Waals surface area contributed by atoms with Gasteiger partial charge in [-0.05, 0) is 25.0 Å². The van der Waals surface area contributed by atoms with Crippen molar-refractivity contribution in [2.45, 2.75) is 19.0 Å². The van der Waals surface area contributed by atoms with Gasteiger partial charge in [0.05, 0.1) is 5.56 Å². The summed E-state index contributed by atoms with van der Waals surface area (Å²) in [5.74, 6) is -0.230. The molecule has 0 bridgehead atoms. The minimum Gasteiger partial charge on any atom is -0.359 e. The molecule has 1 amide bonds. The van der Waals surface area contributed by atoms with Crippen LogP contribution in [0, 0.1) is 5.92 Å². The molecule has 1 fully saturated rings. The SMILES string of the molecule is CNC(=O)C1CCN(c2ncccc2C(F)(F)F)CC1. The number of hydrogen-bond donors (Lipinski definition) is 1. The predicted octanol–water partition coefficient (Wildman–Crippen LogP) is 2.06. The molecular formula is C13H16F3N3O. The second-order valence-electron chi connectivity index (χ2n) is 4.75. The lowest BCUT2D eigenvalue weighted by Crippen LogP contribution is -2.40. The maximum Gasteiger partial charge on any atom is 0.419 e. The van der Waals surface area contributed by atoms with E-state index in [0.717, 1.165) is 6.07 Å². The van der Waals surface area contributed by atoms with E-state index in [1.807, 2.05) is 0 Å². The monoisotopic (exact) mass is 287 g/mol. The van der Waals surface area contributed by atoms with Crippen LogP contribution in [0.3, 0.4) is 0 Å². The molecule has 1 aliphatic rings. The summed E-state index contributed by atoms with van der Waals surface area (Å²) in [5, 5.41) is 2.57. The van der Waals surface area contributed by atoms with E-state index in [0.29, 0.717) is 25.9 Å². The van der Waals surface area contributed by atoms with Crippen LogP contribution in [-0.4, -0.2) is 31.0 Å². The molecule has 0 aliphatic carbocycles. The molecule has 1 saturated heterocycles. The first-order valence-corrected chi connectivity index (χ1v) is 6.42. The number of carbonyl (C=O) groups excluding carboxylic acids is 1. The Bertz CT molecular complexity index is 482. The van der Waals surface area contributed by atoms with Crippen LogP contribution in [0.2, 0.25) is 0 Å². The Morgan fingerprint density at radius 3 is 2.60 bits per heavy atom. The molecule has 4 nitrogen and oxygen atoms in total. The van der Waals surface area contributed by atoms with E-state index in [-0.39, 0.29) is 17.6 Å². The quantitative estimate of drug-likeness (QED) is 0.905. The number of nitrogens with one attached hydrogen (secondary N) is 1. The van der Waals surface area contributed by atoms with Crippen LogP contribution >= 0.6 is 0 Å². The second kappa shape index (κ2) is 5.68. The highest BCUT2D eigenvalue weighted by Crippen LogP contribution is 2.36. The molecule has 1 N–H and O–H groups in total. The summed E-state index contributed by atoms with van der Waals surface area (Å²) in [5.41, 5.74) is -0.724. The number of halogens is 3. The topological polar surface area (TPSA) is 45.2 Å². The van der Waals surface area contributed by atoms with E-state index >= 15 is 0 Å². The maximum absolute atomic E-state index is 12.9. The van der Waals surface area contributed by atoms with Crippen molar-refractivity contribution in [2.24, 2.45) is 5.92 Å². The molecule has 7 heteroatoms. The minimum absolute atomic E-state index is 0.0460. The highest BCUT2D eigenvalue weighted by Gasteiger charge is 2.36. The summed E-state index contributed by atoms with van der Waals surface area (Å²) in [7, 11) is 1.56. The summed E-state index contributed by atoms with van der Waals surface area (Å²) in [4.78, 5) is 17.0. The first kappa shape index (κ1) is 14.6. The van der Waals surface area contributed by atoms with Crippen molar-refractivity contribution in [1.29, 1.82) is 0 Å². The first-order chi connectivity index (χ1) is 9.43. The van der Waals surface area contributed by atoms with Crippen LogP contribution in [0.1, 0.15) is 18.4 Å². The number of pyridine rings is 1. The van der Waals surface area contributed by atoms with Crippen molar-refractivity contribution >= 4 is 11.7 Å². The Hall–Kier alpha value is -1.79. The molecule has 0 atom stereocenters. The number of hydrogen-bond acceptors (Lipinski definition) is 3. The van der Waals surface area contributed by atoms with Crippen LogP contribution < -0.4 is 10.2 Å². The third kappa shape index (κ3) is 3.02. The van der Waals surface area contributed by atoms with Crippen molar-refractivity contribution in [3.8, 4) is 0 Å². The molecule has 1 aliphatic heterocycles. The van der Waals surface area contributed by atoms with Gasteiger partial charge in [-0.15, -0.1) is 0 Å². The smallest absolute Gasteiger partial charge is 0.359 e. The summed E-state index contributed by atoms with van der Waals surface area (Å²) >= 11 is 0. The zero-order chi connectivity index (χ0) is 14.8. The molecule has 0 spiro atoms. The van der Waals surface area contributed by atoms with Crippen LogP contribution in [0.25, 0.3) is 0 Å². The Balaban J connectivity index is 2.13. The van der Waals surface area contributed by atoms with Crippen LogP contribution in [0.15, 0.2) is 18.3 Å². The van der Waals surface area contributed by atoms with E-state index < -0.39 is 11.7 Å². The average Bonchev–Trinajstić information content (AvgIpc) is 2.46. The van der Waals surface area contributed by atoms with Gasteiger partial charge in [0, 0.05) is 32.3 Å². The first-order valence-electron chi connectivity index (χ1n) is 6.42. The number of carbonyl (C=O) groups is 1. The van der Waals surface area contributed by atoms with E-state index in [9.17, 15) is 18.0 Å². The fourth-order valence-electron chi connectivity index (χ4n) is 2.43. The molecule has 20 heavy (non-hydrogen) atoms. The normalized spacial score (nSPS) is 17.1. The van der Waals surface area contributed by atoms with Gasteiger partial charge in [0.15, 0.2) is 0 Å². The van der Waals surface area contributed by atoms with E-state index in [1.165, 1.54) is 12.3 Å². The lowest BCUT2D eigenvalue weighted by Gasteiger charge is -2.33. The molecule has 2 heterocycles. The maximum atomic E-state index is 12.9. The third-order valence-corrected chi connectivity index (χ3v) is 3.50. The van der Waals surface area contributed by atoms with Gasteiger partial charge in [0.1, 0.15) is 5.82 Å². The van der Waals surface area contributed by atoms with Gasteiger partial charge in [0.25, 0.3) is 0 Å². The number of piperidine rings is 1. The predicted molar refractivity (Wildman–Crippen MR) is 68.2 cm³/mol. The largest absolute Gasteiger partial charge is 0.419 e. The molecule has 2 rings (SSSR count). The van der Waals surface area contributed by atoms with Crippen molar-refractivity contribution in [3.63, 3.8) is 0 Å². The van der Waals surface area contributed by atoms with Gasteiger partial charge in [-0.3, -0.25) is 4.79 Å². The fourth-order valence-corrected chi connectivity index (χ4v) is 2.43. The van der Waals surface area contributed by atoms with Crippen molar-refractivity contribution in [2.75, 3.05) is 25.0 Å². The summed E-state index contributed by atoms with van der Waals surface area (Å²) < 4.78 is 38.8. The third-order valence-electron chi connectivity index (χ3n) is 3.50. The Morgan fingerprint density at radius 2 is 2.05 bits per heavy atom. The van der Waals surface area contributed by atoms with Crippen LogP contribution in [0.5, 0.6) is 0 Å². The summed E-state index contributed by atoms with van der Waals surface area (Å²) in [6.45, 7) is 0.802. The number of alkyl halides is 3. The molecule has 0 unspecified atom stereocenters. The highest BCUT2D eigenvalue weighted by atomic mass is 19.4. The van der Waals surface area contributed by atoms with Crippen molar-refractivity contribution < 1.29 is 18.0 Å². The molecule has 1 aromatic heterocycles. The number of aromatic nitrogens is 1. The molecule has 0 saturated carbocycles. The number of rotatable bonds is 2. The van der Waals surface area contributed by atoms with Gasteiger partial charge >= 0.3 is 6.18 Å². The summed E-state index contributed by atoms with van der Waals surface area (Å²) in [6, 6.07) is 2.32. The number of anilines is 1. The molecular weight excluding hydrogens is 271 g/mol. The standard InChI is InChI=1S/C13H16F3N3O/c1-17-12(20)9-4-7-19(8-5-9)11-10(13(14,15)16)3-2-6-18-11/h2-3,6,9H,4-5,7-8H2,1H3,(H,17,20). The van der Waals surface area contributed by atoms with Crippen molar-refractivity contribution in [1.82, 2.24) is 10.3 Å². The average molecular weight is 287 g/mol. The molecule has 110 valence electrons. The fraction of sp³-hybridized carbons (Fsp3) is 0.538. The molecule has 0 radical (unpaired) electrons. The Kier molecular flexibility index (Phi) is 4.15. The van der Waals surface area contributed by atoms with Crippen LogP contribution in [-0.2, 0) is 11.0 Å². The zero-order valence-corrected chi connectivity index (χ0v) is 11.1. The lowest BCUT2D eigenvalue weighted by atomic mass is 9.95. The van der Waals surface area contributed by atoms with E-state index in [2.05, 4.69) is 10.3 Å². The second-order valence-corrected chi connectivity index (χ2v) is 4.75. The zero-order valence-electron chi connectivity index (χ0n) is 11.1. The highest BCUT2D eigenvalue weighted by molar-refractivity contribution is 5.78. The number of amides is 1. The van der Waals surface area contributed by atoms with E-state index in [4.69, 9.17) is 0 Å². The van der Waals surface area contributed by atoms with Crippen molar-refractivity contribution in [3.05, 3.63) is 23.9 Å². The number of nitrogens with zero attached hydrogens (tertiary/aromatic N) is 2.